The van der Waals surface area contributed by atoms with E-state index in [9.17, 15) is 4.79 Å². The minimum atomic E-state index is 0.0523. The first-order chi connectivity index (χ1) is 7.37. The molecule has 0 fully saturated rings. The van der Waals surface area contributed by atoms with E-state index in [0.717, 1.165) is 5.56 Å². The number of rotatable bonds is 3. The first-order valence-corrected chi connectivity index (χ1v) is 5.69. The molecule has 1 rings (SSSR count). The van der Waals surface area contributed by atoms with E-state index in [2.05, 4.69) is 45.1 Å². The normalized spacial score (nSPS) is 11.2. The molecular formula is C14H21NO. The van der Waals surface area contributed by atoms with E-state index in [1.165, 1.54) is 5.56 Å². The Kier molecular flexibility index (Phi) is 4.11. The summed E-state index contributed by atoms with van der Waals surface area (Å²) in [5.74, 6) is 0.119. The Hall–Kier alpha value is -1.31. The van der Waals surface area contributed by atoms with Crippen LogP contribution in [0.4, 0.5) is 0 Å². The molecule has 0 aliphatic carbocycles. The van der Waals surface area contributed by atoms with Crippen LogP contribution < -0.4 is 5.32 Å². The molecule has 1 amide bonds. The van der Waals surface area contributed by atoms with Gasteiger partial charge in [0.2, 0.25) is 5.91 Å². The Morgan fingerprint density at radius 3 is 2.56 bits per heavy atom. The lowest BCUT2D eigenvalue weighted by molar-refractivity contribution is -0.122. The number of amides is 1. The molecule has 2 heteroatoms. The fourth-order valence-corrected chi connectivity index (χ4v) is 1.57. The maximum Gasteiger partial charge on any atom is 0.220 e. The van der Waals surface area contributed by atoms with E-state index < -0.39 is 0 Å². The van der Waals surface area contributed by atoms with Crippen molar-refractivity contribution in [3.8, 4) is 0 Å². The summed E-state index contributed by atoms with van der Waals surface area (Å²) in [4.78, 5) is 11.6. The van der Waals surface area contributed by atoms with Crippen molar-refractivity contribution in [2.24, 2.45) is 5.41 Å². The molecule has 0 aromatic heterocycles. The maximum absolute atomic E-state index is 11.6. The van der Waals surface area contributed by atoms with E-state index in [4.69, 9.17) is 0 Å². The highest BCUT2D eigenvalue weighted by molar-refractivity contribution is 5.76. The highest BCUT2D eigenvalue weighted by Gasteiger charge is 2.15. The molecular weight excluding hydrogens is 198 g/mol. The minimum Gasteiger partial charge on any atom is -0.352 e. The molecule has 2 nitrogen and oxygen atoms in total. The summed E-state index contributed by atoms with van der Waals surface area (Å²) in [7, 11) is 0. The van der Waals surface area contributed by atoms with Gasteiger partial charge in [-0.1, -0.05) is 50.6 Å². The van der Waals surface area contributed by atoms with Crippen LogP contribution in [0.5, 0.6) is 0 Å². The number of hydrogen-bond acceptors (Lipinski definition) is 1. The SMILES string of the molecule is Cc1cccc(CNC(=O)CC(C)(C)C)c1. The van der Waals surface area contributed by atoms with Gasteiger partial charge >= 0.3 is 0 Å². The van der Waals surface area contributed by atoms with Gasteiger partial charge < -0.3 is 5.32 Å². The summed E-state index contributed by atoms with van der Waals surface area (Å²) in [6, 6.07) is 8.20. The summed E-state index contributed by atoms with van der Waals surface area (Å²) in [6.07, 6.45) is 0.568. The van der Waals surface area contributed by atoms with Gasteiger partial charge in [0.15, 0.2) is 0 Å². The maximum atomic E-state index is 11.6. The van der Waals surface area contributed by atoms with E-state index in [1.54, 1.807) is 0 Å². The van der Waals surface area contributed by atoms with Crippen LogP contribution in [0, 0.1) is 12.3 Å². The quantitative estimate of drug-likeness (QED) is 0.831. The third kappa shape index (κ3) is 4.96. The third-order valence-electron chi connectivity index (χ3n) is 2.26. The highest BCUT2D eigenvalue weighted by atomic mass is 16.1. The summed E-state index contributed by atoms with van der Waals surface area (Å²) in [5.41, 5.74) is 2.43. The van der Waals surface area contributed by atoms with Crippen LogP contribution in [-0.2, 0) is 11.3 Å². The predicted molar refractivity (Wildman–Crippen MR) is 67.1 cm³/mol. The van der Waals surface area contributed by atoms with Gasteiger partial charge in [0, 0.05) is 13.0 Å². The minimum absolute atomic E-state index is 0.0523. The lowest BCUT2D eigenvalue weighted by atomic mass is 9.92. The van der Waals surface area contributed by atoms with Crippen molar-refractivity contribution < 1.29 is 4.79 Å². The zero-order chi connectivity index (χ0) is 12.2. The van der Waals surface area contributed by atoms with Gasteiger partial charge in [-0.25, -0.2) is 0 Å². The van der Waals surface area contributed by atoms with Crippen LogP contribution in [-0.4, -0.2) is 5.91 Å². The van der Waals surface area contributed by atoms with Crippen LogP contribution in [0.15, 0.2) is 24.3 Å². The summed E-state index contributed by atoms with van der Waals surface area (Å²) >= 11 is 0. The topological polar surface area (TPSA) is 29.1 Å². The van der Waals surface area contributed by atoms with Crippen molar-refractivity contribution in [3.63, 3.8) is 0 Å². The molecule has 1 aromatic rings. The Labute approximate surface area is 98.1 Å². The second-order valence-electron chi connectivity index (χ2n) is 5.50. The average Bonchev–Trinajstić information content (AvgIpc) is 2.12. The van der Waals surface area contributed by atoms with Crippen molar-refractivity contribution >= 4 is 5.91 Å². The summed E-state index contributed by atoms with van der Waals surface area (Å²) < 4.78 is 0. The first kappa shape index (κ1) is 12.8. The second-order valence-corrected chi connectivity index (χ2v) is 5.50. The summed E-state index contributed by atoms with van der Waals surface area (Å²) in [5, 5.41) is 2.94. The molecule has 88 valence electrons. The molecule has 0 heterocycles. The van der Waals surface area contributed by atoms with E-state index in [-0.39, 0.29) is 11.3 Å². The molecule has 0 saturated heterocycles. The van der Waals surface area contributed by atoms with Crippen molar-refractivity contribution in [1.29, 1.82) is 0 Å². The van der Waals surface area contributed by atoms with E-state index >= 15 is 0 Å². The average molecular weight is 219 g/mol. The Morgan fingerprint density at radius 2 is 2.00 bits per heavy atom. The van der Waals surface area contributed by atoms with Crippen molar-refractivity contribution in [3.05, 3.63) is 35.4 Å². The smallest absolute Gasteiger partial charge is 0.220 e. The lowest BCUT2D eigenvalue weighted by Crippen LogP contribution is -2.27. The second kappa shape index (κ2) is 5.15. The van der Waals surface area contributed by atoms with Crippen LogP contribution in [0.1, 0.15) is 38.3 Å². The molecule has 0 spiro atoms. The first-order valence-electron chi connectivity index (χ1n) is 5.69. The van der Waals surface area contributed by atoms with Gasteiger partial charge in [0.05, 0.1) is 0 Å². The fourth-order valence-electron chi connectivity index (χ4n) is 1.57. The van der Waals surface area contributed by atoms with Gasteiger partial charge in [0.1, 0.15) is 0 Å². The Balaban J connectivity index is 2.43. The number of nitrogens with one attached hydrogen (secondary N) is 1. The third-order valence-corrected chi connectivity index (χ3v) is 2.26. The van der Waals surface area contributed by atoms with E-state index in [0.29, 0.717) is 13.0 Å². The van der Waals surface area contributed by atoms with Crippen LogP contribution in [0.25, 0.3) is 0 Å². The van der Waals surface area contributed by atoms with Gasteiger partial charge in [-0.2, -0.15) is 0 Å². The largest absolute Gasteiger partial charge is 0.352 e. The van der Waals surface area contributed by atoms with Crippen LogP contribution in [0.2, 0.25) is 0 Å². The predicted octanol–water partition coefficient (Wildman–Crippen LogP) is 3.05. The monoisotopic (exact) mass is 219 g/mol. The molecule has 0 unspecified atom stereocenters. The highest BCUT2D eigenvalue weighted by Crippen LogP contribution is 2.17. The molecule has 16 heavy (non-hydrogen) atoms. The van der Waals surface area contributed by atoms with Gasteiger partial charge in [-0.15, -0.1) is 0 Å². The molecule has 0 bridgehead atoms. The van der Waals surface area contributed by atoms with Crippen molar-refractivity contribution in [2.75, 3.05) is 0 Å². The fraction of sp³-hybridized carbons (Fsp3) is 0.500. The zero-order valence-electron chi connectivity index (χ0n) is 10.6. The molecule has 0 aliphatic rings. The molecule has 0 saturated carbocycles. The van der Waals surface area contributed by atoms with Gasteiger partial charge in [-0.3, -0.25) is 4.79 Å². The Morgan fingerprint density at radius 1 is 1.31 bits per heavy atom. The number of hydrogen-bond donors (Lipinski definition) is 1. The van der Waals surface area contributed by atoms with Gasteiger partial charge in [-0.05, 0) is 17.9 Å². The number of aryl methyl sites for hydroxylation is 1. The summed E-state index contributed by atoms with van der Waals surface area (Å²) in [6.45, 7) is 8.88. The molecule has 0 radical (unpaired) electrons. The van der Waals surface area contributed by atoms with Crippen molar-refractivity contribution in [1.82, 2.24) is 5.32 Å². The Bertz CT molecular complexity index is 363. The van der Waals surface area contributed by atoms with Crippen LogP contribution >= 0.6 is 0 Å². The van der Waals surface area contributed by atoms with Crippen molar-refractivity contribution in [2.45, 2.75) is 40.7 Å². The van der Waals surface area contributed by atoms with Crippen LogP contribution in [0.3, 0.4) is 0 Å². The molecule has 0 aliphatic heterocycles. The number of carbonyl (C=O) groups excluding carboxylic acids is 1. The lowest BCUT2D eigenvalue weighted by Gasteiger charge is -2.17. The number of benzene rings is 1. The number of carbonyl (C=O) groups is 1. The zero-order valence-corrected chi connectivity index (χ0v) is 10.6. The van der Waals surface area contributed by atoms with E-state index in [1.807, 2.05) is 12.1 Å². The standard InChI is InChI=1S/C14H21NO/c1-11-6-5-7-12(8-11)10-15-13(16)9-14(2,3)4/h5-8H,9-10H2,1-4H3,(H,15,16). The molecule has 0 atom stereocenters. The molecule has 1 N–H and O–H groups in total. The van der Waals surface area contributed by atoms with Gasteiger partial charge in [0.25, 0.3) is 0 Å². The molecule has 1 aromatic carbocycles.